The lowest BCUT2D eigenvalue weighted by molar-refractivity contribution is 0.173. The SMILES string of the molecule is Cc1c(-c2cnoc2N)cc2c(c1Br)OCO2. The van der Waals surface area contributed by atoms with E-state index in [1.807, 2.05) is 13.0 Å². The van der Waals surface area contributed by atoms with Gasteiger partial charge in [0, 0.05) is 0 Å². The highest BCUT2D eigenvalue weighted by molar-refractivity contribution is 9.10. The standard InChI is InChI=1S/C11H9BrN2O3/c1-5-6(7-3-14-17-11(7)13)2-8-10(9(5)12)16-4-15-8/h2-3H,4,13H2,1H3. The van der Waals surface area contributed by atoms with Crippen LogP contribution in [0.4, 0.5) is 5.88 Å². The number of halogens is 1. The van der Waals surface area contributed by atoms with Gasteiger partial charge in [0.2, 0.25) is 12.7 Å². The van der Waals surface area contributed by atoms with Gasteiger partial charge in [0.05, 0.1) is 16.2 Å². The molecule has 2 aromatic rings. The number of ether oxygens (including phenoxy) is 2. The second kappa shape index (κ2) is 3.66. The molecule has 0 atom stereocenters. The molecule has 0 spiro atoms. The van der Waals surface area contributed by atoms with Crippen molar-refractivity contribution in [2.24, 2.45) is 0 Å². The fourth-order valence-corrected chi connectivity index (χ4v) is 2.35. The van der Waals surface area contributed by atoms with Crippen molar-refractivity contribution in [3.8, 4) is 22.6 Å². The predicted octanol–water partition coefficient (Wildman–Crippen LogP) is 2.72. The average Bonchev–Trinajstić information content (AvgIpc) is 2.92. The van der Waals surface area contributed by atoms with Crippen LogP contribution >= 0.6 is 15.9 Å². The number of nitrogens with zero attached hydrogens (tertiary/aromatic N) is 1. The molecule has 17 heavy (non-hydrogen) atoms. The minimum Gasteiger partial charge on any atom is -0.454 e. The van der Waals surface area contributed by atoms with E-state index < -0.39 is 0 Å². The lowest BCUT2D eigenvalue weighted by atomic mass is 10.0. The van der Waals surface area contributed by atoms with E-state index in [9.17, 15) is 0 Å². The zero-order valence-electron chi connectivity index (χ0n) is 8.99. The molecule has 1 aromatic carbocycles. The lowest BCUT2D eigenvalue weighted by Crippen LogP contribution is -1.93. The summed E-state index contributed by atoms with van der Waals surface area (Å²) in [5, 5.41) is 3.68. The third-order valence-corrected chi connectivity index (χ3v) is 3.69. The molecule has 0 unspecified atom stereocenters. The number of nitrogens with two attached hydrogens (primary N) is 1. The number of fused-ring (bicyclic) bond motifs is 1. The molecule has 0 amide bonds. The summed E-state index contributed by atoms with van der Waals surface area (Å²) in [7, 11) is 0. The Hall–Kier alpha value is -1.69. The molecule has 1 aromatic heterocycles. The molecular formula is C11H9BrN2O3. The zero-order chi connectivity index (χ0) is 12.0. The molecule has 0 fully saturated rings. The number of nitrogen functional groups attached to an aromatic ring is 1. The Labute approximate surface area is 106 Å². The molecule has 5 nitrogen and oxygen atoms in total. The van der Waals surface area contributed by atoms with E-state index >= 15 is 0 Å². The first-order valence-electron chi connectivity index (χ1n) is 4.97. The largest absolute Gasteiger partial charge is 0.454 e. The first-order valence-corrected chi connectivity index (χ1v) is 5.77. The normalized spacial score (nSPS) is 13.1. The Morgan fingerprint density at radius 1 is 1.35 bits per heavy atom. The van der Waals surface area contributed by atoms with Crippen molar-refractivity contribution in [2.75, 3.05) is 12.5 Å². The summed E-state index contributed by atoms with van der Waals surface area (Å²) in [4.78, 5) is 0. The molecule has 0 bridgehead atoms. The van der Waals surface area contributed by atoms with Gasteiger partial charge in [-0.05, 0) is 40.0 Å². The number of hydrogen-bond donors (Lipinski definition) is 1. The fraction of sp³-hybridized carbons (Fsp3) is 0.182. The second-order valence-corrected chi connectivity index (χ2v) is 4.49. The van der Waals surface area contributed by atoms with Crippen molar-refractivity contribution in [2.45, 2.75) is 6.92 Å². The topological polar surface area (TPSA) is 70.5 Å². The summed E-state index contributed by atoms with van der Waals surface area (Å²) in [6.07, 6.45) is 1.59. The second-order valence-electron chi connectivity index (χ2n) is 3.70. The number of anilines is 1. The molecule has 2 heterocycles. The molecule has 0 radical (unpaired) electrons. The summed E-state index contributed by atoms with van der Waals surface area (Å²) in [6.45, 7) is 2.20. The van der Waals surface area contributed by atoms with Crippen LogP contribution in [0.3, 0.4) is 0 Å². The van der Waals surface area contributed by atoms with E-state index in [0.29, 0.717) is 11.6 Å². The first-order chi connectivity index (χ1) is 8.18. The Morgan fingerprint density at radius 3 is 2.88 bits per heavy atom. The van der Waals surface area contributed by atoms with Gasteiger partial charge in [0.1, 0.15) is 0 Å². The summed E-state index contributed by atoms with van der Waals surface area (Å²) >= 11 is 3.50. The number of rotatable bonds is 1. The number of benzene rings is 1. The highest BCUT2D eigenvalue weighted by Gasteiger charge is 2.23. The van der Waals surface area contributed by atoms with Crippen LogP contribution in [-0.2, 0) is 0 Å². The molecule has 88 valence electrons. The predicted molar refractivity (Wildman–Crippen MR) is 64.9 cm³/mol. The Kier molecular flexibility index (Phi) is 2.25. The van der Waals surface area contributed by atoms with E-state index in [1.54, 1.807) is 6.20 Å². The van der Waals surface area contributed by atoms with Crippen LogP contribution in [-0.4, -0.2) is 11.9 Å². The summed E-state index contributed by atoms with van der Waals surface area (Å²) in [5.41, 5.74) is 8.39. The minimum atomic E-state index is 0.232. The van der Waals surface area contributed by atoms with E-state index in [4.69, 9.17) is 19.7 Å². The molecule has 2 N–H and O–H groups in total. The monoisotopic (exact) mass is 296 g/mol. The molecule has 0 aliphatic carbocycles. The summed E-state index contributed by atoms with van der Waals surface area (Å²) in [5.74, 6) is 1.71. The third-order valence-electron chi connectivity index (χ3n) is 2.74. The van der Waals surface area contributed by atoms with E-state index in [1.165, 1.54) is 0 Å². The minimum absolute atomic E-state index is 0.232. The highest BCUT2D eigenvalue weighted by Crippen LogP contribution is 2.46. The summed E-state index contributed by atoms with van der Waals surface area (Å²) < 4.78 is 16.5. The number of hydrogen-bond acceptors (Lipinski definition) is 5. The Balaban J connectivity index is 2.25. The molecule has 1 aliphatic rings. The van der Waals surface area contributed by atoms with Crippen LogP contribution in [0.25, 0.3) is 11.1 Å². The molecule has 1 aliphatic heterocycles. The van der Waals surface area contributed by atoms with Crippen LogP contribution in [0.2, 0.25) is 0 Å². The van der Waals surface area contributed by atoms with Gasteiger partial charge in [-0.2, -0.15) is 0 Å². The van der Waals surface area contributed by atoms with Crippen molar-refractivity contribution < 1.29 is 14.0 Å². The van der Waals surface area contributed by atoms with Crippen molar-refractivity contribution in [3.63, 3.8) is 0 Å². The quantitative estimate of drug-likeness (QED) is 0.876. The number of aromatic nitrogens is 1. The highest BCUT2D eigenvalue weighted by atomic mass is 79.9. The van der Waals surface area contributed by atoms with Crippen LogP contribution in [0.5, 0.6) is 11.5 Å². The van der Waals surface area contributed by atoms with E-state index in [-0.39, 0.29) is 6.79 Å². The smallest absolute Gasteiger partial charge is 0.231 e. The van der Waals surface area contributed by atoms with Gasteiger partial charge in [0.15, 0.2) is 11.5 Å². The summed E-state index contributed by atoms with van der Waals surface area (Å²) in [6, 6.07) is 1.88. The van der Waals surface area contributed by atoms with Gasteiger partial charge in [-0.3, -0.25) is 0 Å². The van der Waals surface area contributed by atoms with Crippen molar-refractivity contribution in [1.29, 1.82) is 0 Å². The maximum absolute atomic E-state index is 5.72. The van der Waals surface area contributed by atoms with Gasteiger partial charge in [-0.25, -0.2) is 0 Å². The third kappa shape index (κ3) is 1.48. The first kappa shape index (κ1) is 10.5. The van der Waals surface area contributed by atoms with Crippen LogP contribution in [0, 0.1) is 6.92 Å². The molecule has 6 heteroatoms. The molecule has 0 saturated carbocycles. The average molecular weight is 297 g/mol. The van der Waals surface area contributed by atoms with Gasteiger partial charge >= 0.3 is 0 Å². The van der Waals surface area contributed by atoms with Gasteiger partial charge in [-0.15, -0.1) is 0 Å². The van der Waals surface area contributed by atoms with Crippen molar-refractivity contribution in [1.82, 2.24) is 5.16 Å². The van der Waals surface area contributed by atoms with Crippen LogP contribution < -0.4 is 15.2 Å². The van der Waals surface area contributed by atoms with Gasteiger partial charge in [-0.1, -0.05) is 5.16 Å². The van der Waals surface area contributed by atoms with Gasteiger partial charge in [0.25, 0.3) is 0 Å². The van der Waals surface area contributed by atoms with E-state index in [0.717, 1.165) is 26.9 Å². The maximum Gasteiger partial charge on any atom is 0.231 e. The van der Waals surface area contributed by atoms with Crippen molar-refractivity contribution in [3.05, 3.63) is 22.3 Å². The fourth-order valence-electron chi connectivity index (χ4n) is 1.83. The maximum atomic E-state index is 5.72. The van der Waals surface area contributed by atoms with Gasteiger partial charge < -0.3 is 19.7 Å². The van der Waals surface area contributed by atoms with Crippen LogP contribution in [0.15, 0.2) is 21.3 Å². The van der Waals surface area contributed by atoms with E-state index in [2.05, 4.69) is 21.1 Å². The lowest BCUT2D eigenvalue weighted by Gasteiger charge is -2.09. The molecule has 0 saturated heterocycles. The Morgan fingerprint density at radius 2 is 2.18 bits per heavy atom. The molecular weight excluding hydrogens is 288 g/mol. The van der Waals surface area contributed by atoms with Crippen LogP contribution in [0.1, 0.15) is 5.56 Å². The van der Waals surface area contributed by atoms with Crippen molar-refractivity contribution >= 4 is 21.8 Å². The molecule has 3 rings (SSSR count). The Bertz CT molecular complexity index is 595. The zero-order valence-corrected chi connectivity index (χ0v) is 10.6.